The van der Waals surface area contributed by atoms with Crippen LogP contribution in [0.5, 0.6) is 0 Å². The summed E-state index contributed by atoms with van der Waals surface area (Å²) in [5.74, 6) is 0.858. The van der Waals surface area contributed by atoms with Crippen molar-refractivity contribution in [3.8, 4) is 0 Å². The van der Waals surface area contributed by atoms with Gasteiger partial charge in [0.15, 0.2) is 0 Å². The number of aryl methyl sites for hydroxylation is 1. The summed E-state index contributed by atoms with van der Waals surface area (Å²) >= 11 is 1.76. The van der Waals surface area contributed by atoms with Crippen LogP contribution in [0.15, 0.2) is 53.4 Å². The minimum atomic E-state index is -0.0400. The van der Waals surface area contributed by atoms with E-state index in [1.165, 1.54) is 16.1 Å². The van der Waals surface area contributed by atoms with E-state index in [4.69, 9.17) is 4.74 Å². The van der Waals surface area contributed by atoms with Gasteiger partial charge < -0.3 is 19.9 Å². The lowest BCUT2D eigenvalue weighted by molar-refractivity contribution is 0.122. The molecule has 1 aliphatic heterocycles. The molecule has 5 nitrogen and oxygen atoms in total. The Morgan fingerprint density at radius 2 is 1.79 bits per heavy atom. The molecular weight excluding hydrogens is 370 g/mol. The molecule has 0 radical (unpaired) electrons. The summed E-state index contributed by atoms with van der Waals surface area (Å²) in [7, 11) is 1.83. The standard InChI is InChI=1S/C22H29N3O2S/c1-18-3-9-21(10-4-18)28-16-11-23-22(26)24(2)17-19-5-7-20(8-6-19)25-12-14-27-15-13-25/h3-10H,11-17H2,1-2H3,(H,23,26). The summed E-state index contributed by atoms with van der Waals surface area (Å²) in [6.45, 7) is 6.77. The number of ether oxygens (including phenoxy) is 1. The van der Waals surface area contributed by atoms with Gasteiger partial charge >= 0.3 is 6.03 Å². The second kappa shape index (κ2) is 10.4. The second-order valence-electron chi connectivity index (χ2n) is 7.02. The maximum absolute atomic E-state index is 12.3. The number of rotatable bonds is 7. The van der Waals surface area contributed by atoms with Crippen LogP contribution in [0.25, 0.3) is 0 Å². The minimum Gasteiger partial charge on any atom is -0.378 e. The molecule has 1 aliphatic rings. The number of nitrogens with one attached hydrogen (secondary N) is 1. The fraction of sp³-hybridized carbons (Fsp3) is 0.409. The normalized spacial score (nSPS) is 14.0. The van der Waals surface area contributed by atoms with Crippen molar-refractivity contribution in [2.45, 2.75) is 18.4 Å². The van der Waals surface area contributed by atoms with Crippen LogP contribution < -0.4 is 10.2 Å². The number of carbonyl (C=O) groups excluding carboxylic acids is 1. The number of hydrogen-bond acceptors (Lipinski definition) is 4. The van der Waals surface area contributed by atoms with E-state index in [1.807, 2.05) is 7.05 Å². The molecule has 0 unspecified atom stereocenters. The molecule has 1 N–H and O–H groups in total. The number of morpholine rings is 1. The number of nitrogens with zero attached hydrogens (tertiary/aromatic N) is 2. The Balaban J connectivity index is 1.39. The fourth-order valence-corrected chi connectivity index (χ4v) is 3.84. The Morgan fingerprint density at radius 3 is 2.46 bits per heavy atom. The van der Waals surface area contributed by atoms with Crippen molar-refractivity contribution in [3.63, 3.8) is 0 Å². The van der Waals surface area contributed by atoms with Crippen molar-refractivity contribution in [2.75, 3.05) is 50.5 Å². The monoisotopic (exact) mass is 399 g/mol. The first kappa shape index (κ1) is 20.6. The quantitative estimate of drug-likeness (QED) is 0.569. The van der Waals surface area contributed by atoms with E-state index in [2.05, 4.69) is 65.7 Å². The van der Waals surface area contributed by atoms with Gasteiger partial charge in [-0.25, -0.2) is 4.79 Å². The molecule has 6 heteroatoms. The van der Waals surface area contributed by atoms with E-state index in [0.717, 1.165) is 37.6 Å². The van der Waals surface area contributed by atoms with Gasteiger partial charge in [-0.05, 0) is 36.8 Å². The topological polar surface area (TPSA) is 44.8 Å². The number of urea groups is 1. The van der Waals surface area contributed by atoms with Crippen molar-refractivity contribution >= 4 is 23.5 Å². The molecule has 0 atom stereocenters. The number of benzene rings is 2. The third-order valence-electron chi connectivity index (χ3n) is 4.75. The Bertz CT molecular complexity index is 743. The first-order valence-corrected chi connectivity index (χ1v) is 10.7. The van der Waals surface area contributed by atoms with Gasteiger partial charge in [0, 0.05) is 49.6 Å². The third-order valence-corrected chi connectivity index (χ3v) is 5.76. The first-order valence-electron chi connectivity index (χ1n) is 9.72. The van der Waals surface area contributed by atoms with E-state index in [0.29, 0.717) is 13.1 Å². The SMILES string of the molecule is Cc1ccc(SCCNC(=O)N(C)Cc2ccc(N3CCOCC3)cc2)cc1. The number of thioether (sulfide) groups is 1. The lowest BCUT2D eigenvalue weighted by Crippen LogP contribution is -2.38. The van der Waals surface area contributed by atoms with Crippen molar-refractivity contribution in [2.24, 2.45) is 0 Å². The zero-order valence-electron chi connectivity index (χ0n) is 16.7. The molecule has 1 heterocycles. The number of hydrogen-bond donors (Lipinski definition) is 1. The molecule has 1 fully saturated rings. The summed E-state index contributed by atoms with van der Waals surface area (Å²) < 4.78 is 5.40. The van der Waals surface area contributed by atoms with Gasteiger partial charge in [0.2, 0.25) is 0 Å². The zero-order valence-corrected chi connectivity index (χ0v) is 17.5. The van der Waals surface area contributed by atoms with Crippen LogP contribution in [0, 0.1) is 6.92 Å². The highest BCUT2D eigenvalue weighted by molar-refractivity contribution is 7.99. The highest BCUT2D eigenvalue weighted by atomic mass is 32.2. The molecule has 0 bridgehead atoms. The van der Waals surface area contributed by atoms with Gasteiger partial charge in [0.05, 0.1) is 13.2 Å². The summed E-state index contributed by atoms with van der Waals surface area (Å²) in [5, 5.41) is 2.99. The molecule has 3 rings (SSSR count). The van der Waals surface area contributed by atoms with Crippen LogP contribution in [0.1, 0.15) is 11.1 Å². The minimum absolute atomic E-state index is 0.0400. The second-order valence-corrected chi connectivity index (χ2v) is 8.18. The van der Waals surface area contributed by atoms with Crippen molar-refractivity contribution in [1.29, 1.82) is 0 Å². The average molecular weight is 400 g/mol. The maximum atomic E-state index is 12.3. The van der Waals surface area contributed by atoms with Crippen LogP contribution in [0.4, 0.5) is 10.5 Å². The molecule has 0 aromatic heterocycles. The number of amides is 2. The van der Waals surface area contributed by atoms with Gasteiger partial charge in [-0.1, -0.05) is 29.8 Å². The molecule has 1 saturated heterocycles. The smallest absolute Gasteiger partial charge is 0.317 e. The highest BCUT2D eigenvalue weighted by Gasteiger charge is 2.12. The molecule has 0 aliphatic carbocycles. The van der Waals surface area contributed by atoms with E-state index in [1.54, 1.807) is 16.7 Å². The molecule has 0 spiro atoms. The molecule has 28 heavy (non-hydrogen) atoms. The van der Waals surface area contributed by atoms with Crippen LogP contribution in [-0.2, 0) is 11.3 Å². The third kappa shape index (κ3) is 6.17. The summed E-state index contributed by atoms with van der Waals surface area (Å²) in [6.07, 6.45) is 0. The lowest BCUT2D eigenvalue weighted by atomic mass is 10.2. The van der Waals surface area contributed by atoms with Crippen molar-refractivity contribution < 1.29 is 9.53 Å². The van der Waals surface area contributed by atoms with Gasteiger partial charge in [0.1, 0.15) is 0 Å². The Hall–Kier alpha value is -2.18. The van der Waals surface area contributed by atoms with Crippen LogP contribution in [-0.4, -0.2) is 56.6 Å². The van der Waals surface area contributed by atoms with Crippen LogP contribution >= 0.6 is 11.8 Å². The predicted molar refractivity (Wildman–Crippen MR) is 116 cm³/mol. The van der Waals surface area contributed by atoms with Crippen LogP contribution in [0.3, 0.4) is 0 Å². The maximum Gasteiger partial charge on any atom is 0.317 e. The highest BCUT2D eigenvalue weighted by Crippen LogP contribution is 2.18. The van der Waals surface area contributed by atoms with Gasteiger partial charge in [-0.2, -0.15) is 0 Å². The predicted octanol–water partition coefficient (Wildman–Crippen LogP) is 3.77. The first-order chi connectivity index (χ1) is 13.6. The summed E-state index contributed by atoms with van der Waals surface area (Å²) in [6, 6.07) is 16.9. The van der Waals surface area contributed by atoms with Crippen LogP contribution in [0.2, 0.25) is 0 Å². The summed E-state index contributed by atoms with van der Waals surface area (Å²) in [4.78, 5) is 17.6. The molecule has 2 aromatic carbocycles. The average Bonchev–Trinajstić information content (AvgIpc) is 2.73. The van der Waals surface area contributed by atoms with E-state index >= 15 is 0 Å². The van der Waals surface area contributed by atoms with Crippen molar-refractivity contribution in [3.05, 3.63) is 59.7 Å². The number of carbonyl (C=O) groups is 1. The van der Waals surface area contributed by atoms with E-state index < -0.39 is 0 Å². The molecule has 150 valence electrons. The molecule has 2 aromatic rings. The lowest BCUT2D eigenvalue weighted by Gasteiger charge is -2.29. The molecular formula is C22H29N3O2S. The largest absolute Gasteiger partial charge is 0.378 e. The van der Waals surface area contributed by atoms with Gasteiger partial charge in [-0.3, -0.25) is 0 Å². The van der Waals surface area contributed by atoms with E-state index in [9.17, 15) is 4.79 Å². The Kier molecular flexibility index (Phi) is 7.62. The summed E-state index contributed by atoms with van der Waals surface area (Å²) in [5.41, 5.74) is 3.60. The Labute approximate surface area is 172 Å². The number of anilines is 1. The van der Waals surface area contributed by atoms with Gasteiger partial charge in [0.25, 0.3) is 0 Å². The molecule has 0 saturated carbocycles. The van der Waals surface area contributed by atoms with E-state index in [-0.39, 0.29) is 6.03 Å². The zero-order chi connectivity index (χ0) is 19.8. The fourth-order valence-electron chi connectivity index (χ4n) is 3.08. The van der Waals surface area contributed by atoms with Crippen molar-refractivity contribution in [1.82, 2.24) is 10.2 Å². The van der Waals surface area contributed by atoms with Gasteiger partial charge in [-0.15, -0.1) is 11.8 Å². The molecule has 2 amide bonds. The Morgan fingerprint density at radius 1 is 1.11 bits per heavy atom.